The highest BCUT2D eigenvalue weighted by Crippen LogP contribution is 2.34. The van der Waals surface area contributed by atoms with Crippen molar-refractivity contribution in [2.75, 3.05) is 5.73 Å². The number of hydrogen-bond donors (Lipinski definition) is 2. The van der Waals surface area contributed by atoms with Crippen LogP contribution in [0.25, 0.3) is 10.2 Å². The van der Waals surface area contributed by atoms with Crippen LogP contribution in [-0.2, 0) is 4.79 Å². The minimum Gasteiger partial charge on any atom is -0.399 e. The molecule has 0 aliphatic carbocycles. The molecule has 7 heteroatoms. The van der Waals surface area contributed by atoms with Gasteiger partial charge in [0.15, 0.2) is 4.34 Å². The van der Waals surface area contributed by atoms with Gasteiger partial charge in [-0.2, -0.15) is 5.10 Å². The average molecular weight is 278 g/mol. The summed E-state index contributed by atoms with van der Waals surface area (Å²) >= 11 is 2.96. The van der Waals surface area contributed by atoms with E-state index in [-0.39, 0.29) is 11.2 Å². The third-order valence-electron chi connectivity index (χ3n) is 2.57. The van der Waals surface area contributed by atoms with Gasteiger partial charge in [-0.05, 0) is 25.1 Å². The fraction of sp³-hybridized carbons (Fsp3) is 0.182. The summed E-state index contributed by atoms with van der Waals surface area (Å²) in [6.45, 7) is 1.83. The van der Waals surface area contributed by atoms with Crippen molar-refractivity contribution in [3.8, 4) is 0 Å². The molecular formula is C11H10N4OS2. The van der Waals surface area contributed by atoms with Crippen LogP contribution in [0.3, 0.4) is 0 Å². The topological polar surface area (TPSA) is 80.4 Å². The van der Waals surface area contributed by atoms with E-state index in [1.165, 1.54) is 23.1 Å². The van der Waals surface area contributed by atoms with Crippen LogP contribution in [0.2, 0.25) is 0 Å². The zero-order valence-electron chi connectivity index (χ0n) is 9.51. The van der Waals surface area contributed by atoms with Crippen molar-refractivity contribution >= 4 is 50.6 Å². The van der Waals surface area contributed by atoms with Crippen LogP contribution < -0.4 is 11.2 Å². The zero-order valence-corrected chi connectivity index (χ0v) is 11.1. The summed E-state index contributed by atoms with van der Waals surface area (Å²) in [4.78, 5) is 16.0. The summed E-state index contributed by atoms with van der Waals surface area (Å²) < 4.78 is 1.89. The number of carbonyl (C=O) groups excluding carboxylic acids is 1. The van der Waals surface area contributed by atoms with Crippen LogP contribution in [0.1, 0.15) is 6.92 Å². The Morgan fingerprint density at radius 3 is 3.06 bits per heavy atom. The van der Waals surface area contributed by atoms with Gasteiger partial charge in [0.1, 0.15) is 5.25 Å². The molecule has 0 saturated carbocycles. The summed E-state index contributed by atoms with van der Waals surface area (Å²) in [5.74, 6) is -0.0868. The molecule has 3 N–H and O–H groups in total. The molecule has 0 spiro atoms. The highest BCUT2D eigenvalue weighted by Gasteiger charge is 2.29. The van der Waals surface area contributed by atoms with Gasteiger partial charge in [-0.25, -0.2) is 10.4 Å². The van der Waals surface area contributed by atoms with Crippen LogP contribution >= 0.6 is 23.1 Å². The molecule has 1 amide bonds. The number of nitrogens with one attached hydrogen (secondary N) is 1. The number of thiazole rings is 1. The predicted molar refractivity (Wildman–Crippen MR) is 74.9 cm³/mol. The zero-order chi connectivity index (χ0) is 12.7. The maximum Gasteiger partial charge on any atom is 0.259 e. The number of nitrogens with zero attached hydrogens (tertiary/aromatic N) is 2. The Bertz CT molecular complexity index is 664. The molecule has 0 fully saturated rings. The third-order valence-corrected chi connectivity index (χ3v) is 5.01. The highest BCUT2D eigenvalue weighted by molar-refractivity contribution is 8.03. The van der Waals surface area contributed by atoms with E-state index in [1.807, 2.05) is 25.1 Å². The van der Waals surface area contributed by atoms with Crippen molar-refractivity contribution in [1.82, 2.24) is 10.4 Å². The number of aromatic nitrogens is 1. The fourth-order valence-electron chi connectivity index (χ4n) is 1.66. The third kappa shape index (κ3) is 1.95. The number of carbonyl (C=O) groups is 1. The average Bonchev–Trinajstić information content (AvgIpc) is 2.86. The number of benzene rings is 1. The quantitative estimate of drug-likeness (QED) is 0.821. The van der Waals surface area contributed by atoms with Gasteiger partial charge in [-0.3, -0.25) is 4.79 Å². The smallest absolute Gasteiger partial charge is 0.259 e. The molecule has 5 nitrogen and oxygen atoms in total. The van der Waals surface area contributed by atoms with E-state index in [0.717, 1.165) is 26.0 Å². The van der Waals surface area contributed by atoms with E-state index in [0.29, 0.717) is 0 Å². The van der Waals surface area contributed by atoms with E-state index < -0.39 is 0 Å². The molecule has 1 aromatic heterocycles. The summed E-state index contributed by atoms with van der Waals surface area (Å²) in [7, 11) is 0. The largest absolute Gasteiger partial charge is 0.399 e. The molecule has 18 heavy (non-hydrogen) atoms. The van der Waals surface area contributed by atoms with Crippen molar-refractivity contribution in [2.24, 2.45) is 5.10 Å². The van der Waals surface area contributed by atoms with Gasteiger partial charge in [0.25, 0.3) is 5.91 Å². The maximum absolute atomic E-state index is 11.6. The van der Waals surface area contributed by atoms with E-state index in [1.54, 1.807) is 0 Å². The van der Waals surface area contributed by atoms with Crippen molar-refractivity contribution in [3.05, 3.63) is 18.2 Å². The molecule has 2 heterocycles. The van der Waals surface area contributed by atoms with Gasteiger partial charge in [-0.15, -0.1) is 11.3 Å². The van der Waals surface area contributed by atoms with Gasteiger partial charge < -0.3 is 5.73 Å². The van der Waals surface area contributed by atoms with Crippen molar-refractivity contribution in [3.63, 3.8) is 0 Å². The van der Waals surface area contributed by atoms with Crippen LogP contribution in [0.15, 0.2) is 27.6 Å². The second kappa shape index (κ2) is 4.25. The summed E-state index contributed by atoms with van der Waals surface area (Å²) in [6.07, 6.45) is 0. The molecule has 0 saturated heterocycles. The number of amides is 1. The standard InChI is InChI=1S/C11H10N4OS2/c1-5-9(10(16)15-14-5)18-11-13-7-3-2-6(12)4-8(7)17-11/h2-4,9H,12H2,1H3,(H,15,16). The first-order valence-electron chi connectivity index (χ1n) is 5.30. The van der Waals surface area contributed by atoms with E-state index in [2.05, 4.69) is 15.5 Å². The number of nitrogens with two attached hydrogens (primary N) is 1. The lowest BCUT2D eigenvalue weighted by atomic mass is 10.3. The van der Waals surface area contributed by atoms with Crippen LogP contribution in [0.4, 0.5) is 5.69 Å². The van der Waals surface area contributed by atoms with E-state index in [4.69, 9.17) is 5.73 Å². The fourth-order valence-corrected chi connectivity index (χ4v) is 3.89. The SMILES string of the molecule is CC1=NNC(=O)C1Sc1nc2ccc(N)cc2s1. The predicted octanol–water partition coefficient (Wildman–Crippen LogP) is 1.84. The minimum atomic E-state index is -0.275. The monoisotopic (exact) mass is 278 g/mol. The molecule has 1 aliphatic rings. The number of rotatable bonds is 2. The Balaban J connectivity index is 1.91. The molecule has 1 aromatic carbocycles. The Morgan fingerprint density at radius 2 is 2.33 bits per heavy atom. The molecule has 3 rings (SSSR count). The summed E-state index contributed by atoms with van der Waals surface area (Å²) in [6, 6.07) is 5.61. The molecular weight excluding hydrogens is 268 g/mol. The van der Waals surface area contributed by atoms with E-state index in [9.17, 15) is 4.79 Å². The summed E-state index contributed by atoms with van der Waals surface area (Å²) in [5, 5.41) is 3.64. The molecule has 0 radical (unpaired) electrons. The molecule has 2 aromatic rings. The van der Waals surface area contributed by atoms with Crippen molar-refractivity contribution in [1.29, 1.82) is 0 Å². The lowest BCUT2D eigenvalue weighted by Crippen LogP contribution is -2.24. The Labute approximate surface area is 111 Å². The van der Waals surface area contributed by atoms with Gasteiger partial charge in [-0.1, -0.05) is 11.8 Å². The number of anilines is 1. The Morgan fingerprint density at radius 1 is 1.50 bits per heavy atom. The molecule has 0 bridgehead atoms. The Kier molecular flexibility index (Phi) is 2.71. The van der Waals surface area contributed by atoms with Crippen LogP contribution in [0.5, 0.6) is 0 Å². The van der Waals surface area contributed by atoms with Crippen molar-refractivity contribution < 1.29 is 4.79 Å². The summed E-state index contributed by atoms with van der Waals surface area (Å²) in [5.41, 5.74) is 10.6. The minimum absolute atomic E-state index is 0.0868. The van der Waals surface area contributed by atoms with Gasteiger partial charge in [0.05, 0.1) is 15.9 Å². The number of nitrogen functional groups attached to an aromatic ring is 1. The van der Waals surface area contributed by atoms with E-state index >= 15 is 0 Å². The van der Waals surface area contributed by atoms with Crippen molar-refractivity contribution in [2.45, 2.75) is 16.5 Å². The molecule has 92 valence electrons. The number of hydrazone groups is 1. The Hall–Kier alpha value is -1.60. The lowest BCUT2D eigenvalue weighted by Gasteiger charge is -2.03. The van der Waals surface area contributed by atoms with Crippen LogP contribution in [-0.4, -0.2) is 21.9 Å². The highest BCUT2D eigenvalue weighted by atomic mass is 32.2. The van der Waals surface area contributed by atoms with Gasteiger partial charge >= 0.3 is 0 Å². The molecule has 1 atom stereocenters. The molecule has 1 aliphatic heterocycles. The first-order chi connectivity index (χ1) is 8.63. The van der Waals surface area contributed by atoms with Gasteiger partial charge in [0.2, 0.25) is 0 Å². The second-order valence-electron chi connectivity index (χ2n) is 3.93. The number of thioether (sulfide) groups is 1. The van der Waals surface area contributed by atoms with Crippen LogP contribution in [0, 0.1) is 0 Å². The molecule has 1 unspecified atom stereocenters. The second-order valence-corrected chi connectivity index (χ2v) is 6.32. The lowest BCUT2D eigenvalue weighted by molar-refractivity contribution is -0.118. The first-order valence-corrected chi connectivity index (χ1v) is 7.00. The number of hydrogen-bond acceptors (Lipinski definition) is 6. The maximum atomic E-state index is 11.6. The van der Waals surface area contributed by atoms with Gasteiger partial charge in [0, 0.05) is 5.69 Å². The normalized spacial score (nSPS) is 19.1. The first kappa shape index (κ1) is 11.5. The number of fused-ring (bicyclic) bond motifs is 1.